The summed E-state index contributed by atoms with van der Waals surface area (Å²) in [6.07, 6.45) is 2.32. The van der Waals surface area contributed by atoms with Gasteiger partial charge in [-0.05, 0) is 44.2 Å². The molecule has 0 aromatic heterocycles. The molecule has 86 valence electrons. The van der Waals surface area contributed by atoms with Gasteiger partial charge in [0, 0.05) is 5.54 Å². The third-order valence-electron chi connectivity index (χ3n) is 2.59. The number of hydrogen-bond donors (Lipinski definition) is 2. The van der Waals surface area contributed by atoms with E-state index in [2.05, 4.69) is 26.1 Å². The number of likely N-dealkylation sites (N-methyl/N-ethyl adjacent to an activating group) is 1. The van der Waals surface area contributed by atoms with Gasteiger partial charge in [0.25, 0.3) is 0 Å². The van der Waals surface area contributed by atoms with E-state index in [9.17, 15) is 0 Å². The van der Waals surface area contributed by atoms with E-state index in [1.165, 1.54) is 12.2 Å². The lowest BCUT2D eigenvalue weighted by Crippen LogP contribution is -2.43. The van der Waals surface area contributed by atoms with Gasteiger partial charge in [0.15, 0.2) is 0 Å². The molecule has 0 spiro atoms. The first-order valence-electron chi connectivity index (χ1n) is 5.41. The van der Waals surface area contributed by atoms with Gasteiger partial charge in [-0.2, -0.15) is 11.8 Å². The summed E-state index contributed by atoms with van der Waals surface area (Å²) in [5, 5.41) is 12.3. The fourth-order valence-corrected chi connectivity index (χ4v) is 2.44. The molecular weight excluding hydrogens is 194 g/mol. The molecule has 0 radical (unpaired) electrons. The number of rotatable bonds is 8. The molecule has 14 heavy (non-hydrogen) atoms. The van der Waals surface area contributed by atoms with Gasteiger partial charge in [-0.1, -0.05) is 13.8 Å². The minimum absolute atomic E-state index is 0.0924. The fourth-order valence-electron chi connectivity index (χ4n) is 1.00. The van der Waals surface area contributed by atoms with Gasteiger partial charge in [-0.25, -0.2) is 0 Å². The van der Waals surface area contributed by atoms with Crippen LogP contribution in [-0.4, -0.2) is 35.8 Å². The van der Waals surface area contributed by atoms with E-state index in [-0.39, 0.29) is 12.1 Å². The molecule has 0 amide bonds. The van der Waals surface area contributed by atoms with Crippen LogP contribution >= 0.6 is 11.8 Å². The first-order chi connectivity index (χ1) is 6.54. The van der Waals surface area contributed by atoms with E-state index in [1.807, 2.05) is 18.8 Å². The van der Waals surface area contributed by atoms with Crippen LogP contribution in [0.3, 0.4) is 0 Å². The smallest absolute Gasteiger partial charge is 0.0610 e. The van der Waals surface area contributed by atoms with E-state index >= 15 is 0 Å². The van der Waals surface area contributed by atoms with Gasteiger partial charge in [0.2, 0.25) is 0 Å². The zero-order valence-electron chi connectivity index (χ0n) is 9.97. The Morgan fingerprint density at radius 3 is 2.43 bits per heavy atom. The molecule has 0 aliphatic carbocycles. The molecule has 3 heteroatoms. The molecule has 0 aliphatic rings. The van der Waals surface area contributed by atoms with E-state index < -0.39 is 0 Å². The maximum absolute atomic E-state index is 9.16. The quantitative estimate of drug-likeness (QED) is 0.613. The summed E-state index contributed by atoms with van der Waals surface area (Å²) in [5.74, 6) is 3.17. The number of hydrogen-bond acceptors (Lipinski definition) is 3. The normalized spacial score (nSPS) is 15.9. The molecule has 1 unspecified atom stereocenters. The molecule has 0 bridgehead atoms. The van der Waals surface area contributed by atoms with Crippen LogP contribution in [0.15, 0.2) is 0 Å². The lowest BCUT2D eigenvalue weighted by Gasteiger charge is -2.26. The largest absolute Gasteiger partial charge is 0.394 e. The summed E-state index contributed by atoms with van der Waals surface area (Å²) in [4.78, 5) is 0. The number of aliphatic hydroxyl groups excluding tert-OH is 1. The van der Waals surface area contributed by atoms with Gasteiger partial charge in [-0.15, -0.1) is 0 Å². The minimum Gasteiger partial charge on any atom is -0.394 e. The van der Waals surface area contributed by atoms with Crippen LogP contribution in [-0.2, 0) is 0 Å². The SMILES string of the molecule is CNC(C)(CO)CCSCCC(C)C. The standard InChI is InChI=1S/C11H25NOS/c1-10(2)5-7-14-8-6-11(3,9-13)12-4/h10,12-13H,5-9H2,1-4H3. The number of nitrogens with one attached hydrogen (secondary N) is 1. The topological polar surface area (TPSA) is 32.3 Å². The second-order valence-corrected chi connectivity index (χ2v) is 5.74. The van der Waals surface area contributed by atoms with Crippen LogP contribution in [0.5, 0.6) is 0 Å². The van der Waals surface area contributed by atoms with Crippen LogP contribution < -0.4 is 5.32 Å². The lowest BCUT2D eigenvalue weighted by atomic mass is 10.0. The van der Waals surface area contributed by atoms with Gasteiger partial charge in [0.1, 0.15) is 0 Å². The first kappa shape index (κ1) is 14.3. The van der Waals surface area contributed by atoms with Crippen molar-refractivity contribution in [3.63, 3.8) is 0 Å². The average Bonchev–Trinajstić information content (AvgIpc) is 2.16. The molecule has 0 saturated carbocycles. The van der Waals surface area contributed by atoms with Crippen molar-refractivity contribution in [2.75, 3.05) is 25.2 Å². The molecule has 0 fully saturated rings. The lowest BCUT2D eigenvalue weighted by molar-refractivity contribution is 0.179. The average molecular weight is 219 g/mol. The molecular formula is C11H25NOS. The molecule has 2 N–H and O–H groups in total. The summed E-state index contributed by atoms with van der Waals surface area (Å²) >= 11 is 1.99. The Morgan fingerprint density at radius 2 is 2.00 bits per heavy atom. The summed E-state index contributed by atoms with van der Waals surface area (Å²) in [5.41, 5.74) is -0.0924. The Kier molecular flexibility index (Phi) is 7.69. The molecule has 0 aromatic carbocycles. The van der Waals surface area contributed by atoms with E-state index in [0.717, 1.165) is 18.1 Å². The summed E-state index contributed by atoms with van der Waals surface area (Å²) in [7, 11) is 1.91. The van der Waals surface area contributed by atoms with Crippen LogP contribution in [0.25, 0.3) is 0 Å². The third kappa shape index (κ3) is 6.68. The van der Waals surface area contributed by atoms with E-state index in [1.54, 1.807) is 0 Å². The Bertz CT molecular complexity index is 135. The Hall–Kier alpha value is 0.270. The maximum Gasteiger partial charge on any atom is 0.0610 e. The van der Waals surface area contributed by atoms with Crippen LogP contribution in [0.4, 0.5) is 0 Å². The van der Waals surface area contributed by atoms with Gasteiger partial charge >= 0.3 is 0 Å². The highest BCUT2D eigenvalue weighted by Gasteiger charge is 2.19. The van der Waals surface area contributed by atoms with Crippen LogP contribution in [0.2, 0.25) is 0 Å². The summed E-state index contributed by atoms with van der Waals surface area (Å²) in [6.45, 7) is 6.79. The summed E-state index contributed by atoms with van der Waals surface area (Å²) < 4.78 is 0. The number of aliphatic hydroxyl groups is 1. The van der Waals surface area contributed by atoms with E-state index in [0.29, 0.717) is 0 Å². The molecule has 2 nitrogen and oxygen atoms in total. The van der Waals surface area contributed by atoms with Crippen molar-refractivity contribution < 1.29 is 5.11 Å². The van der Waals surface area contributed by atoms with Gasteiger partial charge in [-0.3, -0.25) is 0 Å². The molecule has 1 atom stereocenters. The third-order valence-corrected chi connectivity index (χ3v) is 3.61. The summed E-state index contributed by atoms with van der Waals surface area (Å²) in [6, 6.07) is 0. The highest BCUT2D eigenvalue weighted by atomic mass is 32.2. The zero-order valence-corrected chi connectivity index (χ0v) is 10.8. The van der Waals surface area contributed by atoms with Crippen molar-refractivity contribution in [1.82, 2.24) is 5.32 Å². The van der Waals surface area contributed by atoms with Crippen LogP contribution in [0, 0.1) is 5.92 Å². The van der Waals surface area contributed by atoms with Gasteiger partial charge < -0.3 is 10.4 Å². The van der Waals surface area contributed by atoms with Crippen molar-refractivity contribution in [1.29, 1.82) is 0 Å². The Labute approximate surface area is 92.9 Å². The molecule has 0 aromatic rings. The molecule has 0 rings (SSSR count). The predicted octanol–water partition coefficient (Wildman–Crippen LogP) is 2.13. The fraction of sp³-hybridized carbons (Fsp3) is 1.00. The van der Waals surface area contributed by atoms with Crippen LogP contribution in [0.1, 0.15) is 33.6 Å². The number of thioether (sulfide) groups is 1. The highest BCUT2D eigenvalue weighted by molar-refractivity contribution is 7.99. The van der Waals surface area contributed by atoms with Crippen molar-refractivity contribution in [2.45, 2.75) is 39.2 Å². The van der Waals surface area contributed by atoms with E-state index in [4.69, 9.17) is 5.11 Å². The molecule has 0 aliphatic heterocycles. The van der Waals surface area contributed by atoms with Crippen molar-refractivity contribution in [2.24, 2.45) is 5.92 Å². The minimum atomic E-state index is -0.0924. The van der Waals surface area contributed by atoms with Crippen molar-refractivity contribution in [3.05, 3.63) is 0 Å². The first-order valence-corrected chi connectivity index (χ1v) is 6.57. The Morgan fingerprint density at radius 1 is 1.36 bits per heavy atom. The van der Waals surface area contributed by atoms with Crippen molar-refractivity contribution in [3.8, 4) is 0 Å². The van der Waals surface area contributed by atoms with Crippen molar-refractivity contribution >= 4 is 11.8 Å². The highest BCUT2D eigenvalue weighted by Crippen LogP contribution is 2.15. The predicted molar refractivity (Wildman–Crippen MR) is 65.9 cm³/mol. The second-order valence-electron chi connectivity index (χ2n) is 4.51. The second kappa shape index (κ2) is 7.55. The molecule has 0 saturated heterocycles. The maximum atomic E-state index is 9.16. The Balaban J connectivity index is 3.43. The monoisotopic (exact) mass is 219 g/mol. The molecule has 0 heterocycles. The van der Waals surface area contributed by atoms with Gasteiger partial charge in [0.05, 0.1) is 6.61 Å². The zero-order chi connectivity index (χ0) is 11.0.